The molecule has 0 saturated heterocycles. The molecule has 0 aliphatic heterocycles. The molecule has 0 saturated carbocycles. The average molecular weight is 418 g/mol. The molecular weight excluding hydrogens is 394 g/mol. The van der Waals surface area contributed by atoms with Crippen LogP contribution in [0.4, 0.5) is 0 Å². The topological polar surface area (TPSA) is 84.8 Å². The molecule has 0 aliphatic rings. The van der Waals surface area contributed by atoms with Crippen molar-refractivity contribution in [1.82, 2.24) is 25.1 Å². The first-order chi connectivity index (χ1) is 13.6. The Kier molecular flexibility index (Phi) is 6.94. The Labute approximate surface area is 172 Å². The normalized spacial score (nSPS) is 10.8. The summed E-state index contributed by atoms with van der Waals surface area (Å²) in [5, 5.41) is 13.2. The minimum Gasteiger partial charge on any atom is -0.497 e. The van der Waals surface area contributed by atoms with Crippen molar-refractivity contribution in [3.05, 3.63) is 45.1 Å². The SMILES string of the molecule is COc1ccc(-c2n[nH]c(=S)n2CC(=O)NCCCCc2nc(C)cs2)cc1. The molecule has 1 amide bonds. The number of thiazole rings is 1. The molecule has 1 aromatic carbocycles. The smallest absolute Gasteiger partial charge is 0.240 e. The van der Waals surface area contributed by atoms with E-state index >= 15 is 0 Å². The molecule has 0 fully saturated rings. The summed E-state index contributed by atoms with van der Waals surface area (Å²) in [6.45, 7) is 2.76. The lowest BCUT2D eigenvalue weighted by Crippen LogP contribution is -2.28. The lowest BCUT2D eigenvalue weighted by molar-refractivity contribution is -0.121. The number of nitrogens with one attached hydrogen (secondary N) is 2. The molecule has 148 valence electrons. The van der Waals surface area contributed by atoms with Crippen molar-refractivity contribution in [1.29, 1.82) is 0 Å². The van der Waals surface area contributed by atoms with E-state index in [2.05, 4.69) is 25.9 Å². The van der Waals surface area contributed by atoms with Crippen molar-refractivity contribution in [2.45, 2.75) is 32.7 Å². The zero-order valence-electron chi connectivity index (χ0n) is 15.9. The van der Waals surface area contributed by atoms with Crippen molar-refractivity contribution in [3.8, 4) is 17.1 Å². The summed E-state index contributed by atoms with van der Waals surface area (Å²) in [6.07, 6.45) is 2.85. The van der Waals surface area contributed by atoms with Crippen molar-refractivity contribution >= 4 is 29.5 Å². The van der Waals surface area contributed by atoms with Crippen molar-refractivity contribution in [2.24, 2.45) is 0 Å². The molecule has 0 bridgehead atoms. The molecule has 28 heavy (non-hydrogen) atoms. The van der Waals surface area contributed by atoms with Crippen LogP contribution in [0.1, 0.15) is 23.5 Å². The molecule has 2 N–H and O–H groups in total. The Morgan fingerprint density at radius 2 is 2.11 bits per heavy atom. The van der Waals surface area contributed by atoms with Crippen LogP contribution >= 0.6 is 23.6 Å². The Morgan fingerprint density at radius 3 is 2.79 bits per heavy atom. The number of hydrogen-bond donors (Lipinski definition) is 2. The molecular formula is C19H23N5O2S2. The molecule has 9 heteroatoms. The second kappa shape index (κ2) is 9.61. The van der Waals surface area contributed by atoms with Gasteiger partial charge in [-0.3, -0.25) is 14.5 Å². The van der Waals surface area contributed by atoms with Gasteiger partial charge in [-0.05, 0) is 62.7 Å². The van der Waals surface area contributed by atoms with E-state index in [0.29, 0.717) is 17.1 Å². The molecule has 2 aromatic heterocycles. The number of hydrogen-bond acceptors (Lipinski definition) is 6. The van der Waals surface area contributed by atoms with E-state index in [4.69, 9.17) is 17.0 Å². The van der Waals surface area contributed by atoms with Gasteiger partial charge in [0.25, 0.3) is 0 Å². The lowest BCUT2D eigenvalue weighted by atomic mass is 10.2. The van der Waals surface area contributed by atoms with E-state index in [1.807, 2.05) is 31.2 Å². The Balaban J connectivity index is 1.51. The number of benzene rings is 1. The number of aryl methyl sites for hydroxylation is 2. The van der Waals surface area contributed by atoms with Gasteiger partial charge >= 0.3 is 0 Å². The maximum Gasteiger partial charge on any atom is 0.240 e. The number of unbranched alkanes of at least 4 members (excludes halogenated alkanes) is 1. The first-order valence-corrected chi connectivity index (χ1v) is 10.3. The largest absolute Gasteiger partial charge is 0.497 e. The van der Waals surface area contributed by atoms with E-state index in [1.54, 1.807) is 23.0 Å². The highest BCUT2D eigenvalue weighted by molar-refractivity contribution is 7.71. The number of methoxy groups -OCH3 is 1. The van der Waals surface area contributed by atoms with Crippen LogP contribution in [0, 0.1) is 11.7 Å². The molecule has 0 spiro atoms. The molecule has 0 atom stereocenters. The molecule has 0 aliphatic carbocycles. The molecule has 0 unspecified atom stereocenters. The predicted molar refractivity (Wildman–Crippen MR) is 112 cm³/mol. The number of H-pyrrole nitrogens is 1. The number of ether oxygens (including phenoxy) is 1. The number of nitrogens with zero attached hydrogens (tertiary/aromatic N) is 3. The molecule has 0 radical (unpaired) electrons. The zero-order valence-corrected chi connectivity index (χ0v) is 17.5. The van der Waals surface area contributed by atoms with Gasteiger partial charge in [0, 0.05) is 23.2 Å². The predicted octanol–water partition coefficient (Wildman–Crippen LogP) is 3.52. The fourth-order valence-electron chi connectivity index (χ4n) is 2.77. The average Bonchev–Trinajstić information content (AvgIpc) is 3.27. The molecule has 3 rings (SSSR count). The second-order valence-electron chi connectivity index (χ2n) is 6.36. The van der Waals surface area contributed by atoms with Crippen LogP contribution in [0.25, 0.3) is 11.4 Å². The summed E-state index contributed by atoms with van der Waals surface area (Å²) < 4.78 is 7.29. The standard InChI is InChI=1S/C19H23N5O2S2/c1-13-12-28-17(21-13)5-3-4-10-20-16(25)11-24-18(22-23-19(24)27)14-6-8-15(26-2)9-7-14/h6-9,12H,3-5,10-11H2,1-2H3,(H,20,25)(H,23,27). The van der Waals surface area contributed by atoms with E-state index in [1.165, 1.54) is 0 Å². The van der Waals surface area contributed by atoms with Gasteiger partial charge in [-0.25, -0.2) is 4.98 Å². The molecule has 7 nitrogen and oxygen atoms in total. The van der Waals surface area contributed by atoms with E-state index < -0.39 is 0 Å². The summed E-state index contributed by atoms with van der Waals surface area (Å²) in [5.74, 6) is 1.30. The quantitative estimate of drug-likeness (QED) is 0.411. The van der Waals surface area contributed by atoms with Crippen LogP contribution in [-0.4, -0.2) is 39.3 Å². The van der Waals surface area contributed by atoms with E-state index in [0.717, 1.165) is 41.3 Å². The Bertz CT molecular complexity index is 975. The third-order valence-corrected chi connectivity index (χ3v) is 5.55. The van der Waals surface area contributed by atoms with Crippen LogP contribution in [0.2, 0.25) is 0 Å². The van der Waals surface area contributed by atoms with Crippen LogP contribution in [0.15, 0.2) is 29.6 Å². The van der Waals surface area contributed by atoms with Gasteiger partial charge in [0.05, 0.1) is 12.1 Å². The monoisotopic (exact) mass is 417 g/mol. The number of carbonyl (C=O) groups is 1. The maximum atomic E-state index is 12.3. The number of amides is 1. The van der Waals surface area contributed by atoms with Crippen LogP contribution in [-0.2, 0) is 17.8 Å². The third-order valence-electron chi connectivity index (χ3n) is 4.21. The Hall–Kier alpha value is -2.52. The summed E-state index contributed by atoms with van der Waals surface area (Å²) >= 11 is 6.97. The Morgan fingerprint density at radius 1 is 1.32 bits per heavy atom. The van der Waals surface area contributed by atoms with Gasteiger partial charge in [-0.2, -0.15) is 5.10 Å². The summed E-state index contributed by atoms with van der Waals surface area (Å²) in [7, 11) is 1.62. The van der Waals surface area contributed by atoms with Crippen LogP contribution < -0.4 is 10.1 Å². The van der Waals surface area contributed by atoms with E-state index in [9.17, 15) is 4.79 Å². The zero-order chi connectivity index (χ0) is 19.9. The van der Waals surface area contributed by atoms with Gasteiger partial charge < -0.3 is 10.1 Å². The minimum absolute atomic E-state index is 0.0858. The number of aromatic amines is 1. The van der Waals surface area contributed by atoms with Gasteiger partial charge in [-0.15, -0.1) is 11.3 Å². The van der Waals surface area contributed by atoms with Crippen molar-refractivity contribution in [2.75, 3.05) is 13.7 Å². The van der Waals surface area contributed by atoms with Crippen LogP contribution in [0.3, 0.4) is 0 Å². The number of aromatic nitrogens is 4. The van der Waals surface area contributed by atoms with Gasteiger partial charge in [0.2, 0.25) is 5.91 Å². The van der Waals surface area contributed by atoms with E-state index in [-0.39, 0.29) is 12.5 Å². The maximum absolute atomic E-state index is 12.3. The van der Waals surface area contributed by atoms with Crippen molar-refractivity contribution in [3.63, 3.8) is 0 Å². The fourth-order valence-corrected chi connectivity index (χ4v) is 3.79. The van der Waals surface area contributed by atoms with Crippen LogP contribution in [0.5, 0.6) is 5.75 Å². The number of carbonyl (C=O) groups excluding carboxylic acids is 1. The summed E-state index contributed by atoms with van der Waals surface area (Å²) in [5.41, 5.74) is 1.93. The fraction of sp³-hybridized carbons (Fsp3) is 0.368. The highest BCUT2D eigenvalue weighted by Gasteiger charge is 2.12. The number of rotatable bonds is 9. The minimum atomic E-state index is -0.0858. The first kappa shape index (κ1) is 20.2. The molecule has 2 heterocycles. The van der Waals surface area contributed by atoms with Gasteiger partial charge in [0.1, 0.15) is 12.3 Å². The highest BCUT2D eigenvalue weighted by Crippen LogP contribution is 2.20. The summed E-state index contributed by atoms with van der Waals surface area (Å²) in [6, 6.07) is 7.47. The summed E-state index contributed by atoms with van der Waals surface area (Å²) in [4.78, 5) is 16.8. The lowest BCUT2D eigenvalue weighted by Gasteiger charge is -2.08. The highest BCUT2D eigenvalue weighted by atomic mass is 32.1. The van der Waals surface area contributed by atoms with Gasteiger partial charge in [0.15, 0.2) is 10.6 Å². The van der Waals surface area contributed by atoms with Gasteiger partial charge in [-0.1, -0.05) is 0 Å². The first-order valence-electron chi connectivity index (χ1n) is 9.04. The van der Waals surface area contributed by atoms with Crippen molar-refractivity contribution < 1.29 is 9.53 Å². The third kappa shape index (κ3) is 5.26. The molecule has 3 aromatic rings. The second-order valence-corrected chi connectivity index (χ2v) is 7.69.